The summed E-state index contributed by atoms with van der Waals surface area (Å²) in [5, 5.41) is 7.84. The lowest BCUT2D eigenvalue weighted by atomic mass is 10.2. The summed E-state index contributed by atoms with van der Waals surface area (Å²) in [6, 6.07) is 14.6. The molecule has 1 amide bonds. The highest BCUT2D eigenvalue weighted by Crippen LogP contribution is 2.18. The fourth-order valence-electron chi connectivity index (χ4n) is 2.41. The number of anilines is 1. The van der Waals surface area contributed by atoms with E-state index in [1.54, 1.807) is 18.2 Å². The van der Waals surface area contributed by atoms with Gasteiger partial charge in [0.25, 0.3) is 11.5 Å². The molecule has 0 aliphatic heterocycles. The van der Waals surface area contributed by atoms with Gasteiger partial charge in [-0.25, -0.2) is 4.52 Å². The Kier molecular flexibility index (Phi) is 3.35. The van der Waals surface area contributed by atoms with Gasteiger partial charge in [-0.05, 0) is 31.2 Å². The van der Waals surface area contributed by atoms with Gasteiger partial charge in [-0.1, -0.05) is 41.2 Å². The molecule has 6 nitrogen and oxygen atoms in total. The van der Waals surface area contributed by atoms with Crippen molar-refractivity contribution in [2.45, 2.75) is 6.92 Å². The van der Waals surface area contributed by atoms with Gasteiger partial charge in [0.05, 0.1) is 10.9 Å². The molecule has 1 N–H and O–H groups in total. The maximum atomic E-state index is 12.4. The van der Waals surface area contributed by atoms with Crippen molar-refractivity contribution in [2.24, 2.45) is 0 Å². The zero-order valence-electron chi connectivity index (χ0n) is 12.7. The van der Waals surface area contributed by atoms with Crippen LogP contribution in [-0.2, 0) is 0 Å². The summed E-state index contributed by atoms with van der Waals surface area (Å²) < 4.78 is 1.53. The second kappa shape index (κ2) is 5.54. The second-order valence-electron chi connectivity index (χ2n) is 5.36. The van der Waals surface area contributed by atoms with E-state index in [0.717, 1.165) is 16.9 Å². The fraction of sp³-hybridized carbons (Fsp3) is 0.0588. The van der Waals surface area contributed by atoms with E-state index in [-0.39, 0.29) is 16.5 Å². The summed E-state index contributed by atoms with van der Waals surface area (Å²) in [6.45, 7) is 1.98. The minimum absolute atomic E-state index is 0.249. The van der Waals surface area contributed by atoms with Crippen molar-refractivity contribution >= 4 is 38.8 Å². The number of carbonyl (C=O) groups excluding carboxylic acids is 1. The molecule has 0 saturated heterocycles. The molecule has 4 aromatic rings. The number of hydrogen-bond donors (Lipinski definition) is 1. The van der Waals surface area contributed by atoms with Crippen LogP contribution >= 0.6 is 11.3 Å². The maximum absolute atomic E-state index is 12.4. The smallest absolute Gasteiger partial charge is 0.286 e. The predicted molar refractivity (Wildman–Crippen MR) is 93.8 cm³/mol. The Labute approximate surface area is 140 Å². The van der Waals surface area contributed by atoms with E-state index in [9.17, 15) is 9.59 Å². The van der Waals surface area contributed by atoms with Gasteiger partial charge in [-0.2, -0.15) is 4.98 Å². The van der Waals surface area contributed by atoms with Crippen molar-refractivity contribution in [3.05, 3.63) is 69.5 Å². The van der Waals surface area contributed by atoms with E-state index in [2.05, 4.69) is 15.4 Å². The zero-order valence-corrected chi connectivity index (χ0v) is 13.5. The molecule has 0 unspecified atom stereocenters. The second-order valence-corrected chi connectivity index (χ2v) is 6.31. The topological polar surface area (TPSA) is 76.4 Å². The first-order valence-corrected chi connectivity index (χ1v) is 8.10. The summed E-state index contributed by atoms with van der Waals surface area (Å²) in [5.74, 6) is -0.328. The van der Waals surface area contributed by atoms with E-state index < -0.39 is 0 Å². The molecular formula is C17H12N4O2S. The van der Waals surface area contributed by atoms with Crippen LogP contribution in [-0.4, -0.2) is 20.5 Å². The van der Waals surface area contributed by atoms with Gasteiger partial charge >= 0.3 is 0 Å². The lowest BCUT2D eigenvalue weighted by Crippen LogP contribution is -2.12. The van der Waals surface area contributed by atoms with Gasteiger partial charge in [-0.3, -0.25) is 9.59 Å². The molecule has 0 atom stereocenters. The Morgan fingerprint density at radius 1 is 1.12 bits per heavy atom. The van der Waals surface area contributed by atoms with Gasteiger partial charge in [0.15, 0.2) is 0 Å². The molecular weight excluding hydrogens is 324 g/mol. The average Bonchev–Trinajstić information content (AvgIpc) is 3.01. The van der Waals surface area contributed by atoms with Gasteiger partial charge in [-0.15, -0.1) is 5.10 Å². The molecule has 4 rings (SSSR count). The summed E-state index contributed by atoms with van der Waals surface area (Å²) in [4.78, 5) is 28.9. The number of aryl methyl sites for hydroxylation is 1. The first-order chi connectivity index (χ1) is 11.6. The van der Waals surface area contributed by atoms with E-state index in [1.807, 2.05) is 37.3 Å². The molecule has 0 saturated carbocycles. The highest BCUT2D eigenvalue weighted by molar-refractivity contribution is 7.18. The molecule has 7 heteroatoms. The van der Waals surface area contributed by atoms with Crippen LogP contribution in [0.1, 0.15) is 15.4 Å². The first kappa shape index (κ1) is 14.5. The lowest BCUT2D eigenvalue weighted by molar-refractivity contribution is 0.102. The van der Waals surface area contributed by atoms with Crippen molar-refractivity contribution in [1.82, 2.24) is 14.6 Å². The maximum Gasteiger partial charge on any atom is 0.286 e. The Bertz CT molecular complexity index is 1130. The lowest BCUT2D eigenvalue weighted by Gasteiger charge is -2.02. The predicted octanol–water partition coefficient (Wildman–Crippen LogP) is 2.86. The standard InChI is InChI=1S/C17H12N4O2S/c1-10-6-8-11(9-7-10)18-15(23)16-20-21-13-5-3-2-4-12(13)14(22)19-17(21)24-16/h2-9H,1H3,(H,18,23). The van der Waals surface area contributed by atoms with Crippen molar-refractivity contribution in [3.63, 3.8) is 0 Å². The van der Waals surface area contributed by atoms with Crippen molar-refractivity contribution in [3.8, 4) is 0 Å². The van der Waals surface area contributed by atoms with E-state index in [0.29, 0.717) is 21.6 Å². The molecule has 0 fully saturated rings. The largest absolute Gasteiger partial charge is 0.320 e. The number of rotatable bonds is 2. The summed E-state index contributed by atoms with van der Waals surface area (Å²) in [7, 11) is 0. The van der Waals surface area contributed by atoms with Gasteiger partial charge in [0.1, 0.15) is 0 Å². The SMILES string of the molecule is Cc1ccc(NC(=O)c2nn3c(nc(=O)c4ccccc43)s2)cc1. The molecule has 0 radical (unpaired) electrons. The first-order valence-electron chi connectivity index (χ1n) is 7.28. The molecule has 0 bridgehead atoms. The molecule has 0 aliphatic rings. The van der Waals surface area contributed by atoms with E-state index in [4.69, 9.17) is 0 Å². The number of carbonyl (C=O) groups is 1. The van der Waals surface area contributed by atoms with Crippen LogP contribution in [0.5, 0.6) is 0 Å². The summed E-state index contributed by atoms with van der Waals surface area (Å²) >= 11 is 1.09. The van der Waals surface area contributed by atoms with Gasteiger partial charge in [0, 0.05) is 5.69 Å². The number of nitrogens with zero attached hydrogens (tertiary/aromatic N) is 3. The van der Waals surface area contributed by atoms with Crippen molar-refractivity contribution in [1.29, 1.82) is 0 Å². The highest BCUT2D eigenvalue weighted by atomic mass is 32.1. The molecule has 24 heavy (non-hydrogen) atoms. The number of hydrogen-bond acceptors (Lipinski definition) is 5. The number of aromatic nitrogens is 3. The quantitative estimate of drug-likeness (QED) is 0.611. The molecule has 2 heterocycles. The van der Waals surface area contributed by atoms with E-state index >= 15 is 0 Å². The van der Waals surface area contributed by atoms with Crippen LogP contribution in [0.2, 0.25) is 0 Å². The highest BCUT2D eigenvalue weighted by Gasteiger charge is 2.15. The van der Waals surface area contributed by atoms with Crippen molar-refractivity contribution < 1.29 is 4.79 Å². The third kappa shape index (κ3) is 2.44. The normalized spacial score (nSPS) is 11.0. The van der Waals surface area contributed by atoms with E-state index in [1.165, 1.54) is 4.52 Å². The Morgan fingerprint density at radius 3 is 2.67 bits per heavy atom. The van der Waals surface area contributed by atoms with Crippen LogP contribution in [0, 0.1) is 6.92 Å². The van der Waals surface area contributed by atoms with Crippen LogP contribution in [0.25, 0.3) is 15.9 Å². The van der Waals surface area contributed by atoms with Crippen molar-refractivity contribution in [2.75, 3.05) is 5.32 Å². The van der Waals surface area contributed by atoms with Gasteiger partial charge in [0.2, 0.25) is 9.97 Å². The summed E-state index contributed by atoms with van der Waals surface area (Å²) in [6.07, 6.45) is 0. The Balaban J connectivity index is 1.77. The molecule has 118 valence electrons. The Morgan fingerprint density at radius 2 is 1.88 bits per heavy atom. The van der Waals surface area contributed by atoms with Crippen LogP contribution < -0.4 is 10.9 Å². The monoisotopic (exact) mass is 336 g/mol. The fourth-order valence-corrected chi connectivity index (χ4v) is 3.20. The minimum atomic E-state index is -0.328. The zero-order chi connectivity index (χ0) is 16.7. The number of nitrogens with one attached hydrogen (secondary N) is 1. The van der Waals surface area contributed by atoms with Crippen LogP contribution in [0.4, 0.5) is 5.69 Å². The number of benzene rings is 2. The number of fused-ring (bicyclic) bond motifs is 3. The molecule has 2 aromatic carbocycles. The average molecular weight is 336 g/mol. The van der Waals surface area contributed by atoms with Crippen LogP contribution in [0.15, 0.2) is 53.3 Å². The third-order valence-corrected chi connectivity index (χ3v) is 4.53. The van der Waals surface area contributed by atoms with Gasteiger partial charge < -0.3 is 5.32 Å². The third-order valence-electron chi connectivity index (χ3n) is 3.62. The molecule has 2 aromatic heterocycles. The molecule has 0 spiro atoms. The number of amides is 1. The molecule has 0 aliphatic carbocycles. The number of para-hydroxylation sites is 1. The summed E-state index contributed by atoms with van der Waals surface area (Å²) in [5.41, 5.74) is 2.12. The Hall–Kier alpha value is -3.06. The van der Waals surface area contributed by atoms with Crippen LogP contribution in [0.3, 0.4) is 0 Å². The minimum Gasteiger partial charge on any atom is -0.320 e.